The fraction of sp³-hybridized carbons (Fsp3) is 0.429. The van der Waals surface area contributed by atoms with E-state index in [1.54, 1.807) is 19.0 Å². The largest absolute Gasteiger partial charge is 0.353 e. The number of rotatable bonds is 12. The second kappa shape index (κ2) is 15.6. The Hall–Kier alpha value is -3.18. The number of benzene rings is 2. The number of likely N-dealkylation sites (N-methyl/N-ethyl adjacent to an activating group) is 2. The molecule has 218 valence electrons. The van der Waals surface area contributed by atoms with Crippen LogP contribution in [0.3, 0.4) is 0 Å². The van der Waals surface area contributed by atoms with Crippen molar-refractivity contribution in [3.63, 3.8) is 0 Å². The van der Waals surface area contributed by atoms with E-state index in [4.69, 9.17) is 4.52 Å². The molecule has 0 aliphatic carbocycles. The highest BCUT2D eigenvalue weighted by Gasteiger charge is 2.27. The van der Waals surface area contributed by atoms with Crippen LogP contribution in [-0.2, 0) is 29.1 Å². The molecule has 10 nitrogen and oxygen atoms in total. The Bertz CT molecular complexity index is 1250. The number of hydrogen-bond acceptors (Lipinski definition) is 8. The number of hydrazine groups is 1. The molecule has 40 heavy (non-hydrogen) atoms. The molecule has 2 amide bonds. The van der Waals surface area contributed by atoms with Gasteiger partial charge in [-0.1, -0.05) is 55.4 Å². The predicted molar refractivity (Wildman–Crippen MR) is 161 cm³/mol. The highest BCUT2D eigenvalue weighted by atomic mass is 35.5. The van der Waals surface area contributed by atoms with E-state index in [0.717, 1.165) is 29.8 Å². The Morgan fingerprint density at radius 1 is 1.02 bits per heavy atom. The molecular formula is C28H39Cl2N7O3. The first-order valence-electron chi connectivity index (χ1n) is 13.1. The van der Waals surface area contributed by atoms with E-state index < -0.39 is 0 Å². The lowest BCUT2D eigenvalue weighted by Crippen LogP contribution is -2.48. The van der Waals surface area contributed by atoms with E-state index in [2.05, 4.69) is 39.8 Å². The van der Waals surface area contributed by atoms with Crippen molar-refractivity contribution in [1.82, 2.24) is 30.8 Å². The molecule has 0 saturated carbocycles. The van der Waals surface area contributed by atoms with Crippen LogP contribution in [0.2, 0.25) is 0 Å². The van der Waals surface area contributed by atoms with Crippen LogP contribution < -0.4 is 15.5 Å². The van der Waals surface area contributed by atoms with Crippen LogP contribution in [0.4, 0.5) is 5.69 Å². The van der Waals surface area contributed by atoms with Gasteiger partial charge in [0.1, 0.15) is 0 Å². The van der Waals surface area contributed by atoms with E-state index in [9.17, 15) is 9.59 Å². The number of hydrogen-bond donors (Lipinski definition) is 2. The SMILES string of the molecule is CCNCCNC(=O)CN(CC(=O)N(C)N1Cc2ccccc2C1)c1cc(-c2noc(C)n2)ccc1CC.Cl.Cl. The van der Waals surface area contributed by atoms with Crippen molar-refractivity contribution >= 4 is 42.3 Å². The molecule has 2 aromatic carbocycles. The maximum absolute atomic E-state index is 13.6. The van der Waals surface area contributed by atoms with Crippen molar-refractivity contribution < 1.29 is 14.1 Å². The van der Waals surface area contributed by atoms with Crippen LogP contribution in [0.5, 0.6) is 0 Å². The molecule has 0 atom stereocenters. The summed E-state index contributed by atoms with van der Waals surface area (Å²) >= 11 is 0. The topological polar surface area (TPSA) is 107 Å². The molecule has 0 bridgehead atoms. The monoisotopic (exact) mass is 591 g/mol. The van der Waals surface area contributed by atoms with Gasteiger partial charge in [0.2, 0.25) is 17.6 Å². The Balaban J connectivity index is 0.00000280. The summed E-state index contributed by atoms with van der Waals surface area (Å²) in [6.45, 7) is 9.32. The number of fused-ring (bicyclic) bond motifs is 1. The lowest BCUT2D eigenvalue weighted by atomic mass is 10.0. The van der Waals surface area contributed by atoms with Crippen molar-refractivity contribution in [3.05, 3.63) is 65.0 Å². The molecule has 2 heterocycles. The number of anilines is 1. The lowest BCUT2D eigenvalue weighted by molar-refractivity contribution is -0.145. The van der Waals surface area contributed by atoms with Crippen LogP contribution in [0.15, 0.2) is 47.0 Å². The summed E-state index contributed by atoms with van der Waals surface area (Å²) in [6.07, 6.45) is 0.741. The molecule has 0 unspecified atom stereocenters. The normalized spacial score (nSPS) is 12.2. The minimum atomic E-state index is -0.144. The second-order valence-corrected chi connectivity index (χ2v) is 9.40. The molecular weight excluding hydrogens is 553 g/mol. The highest BCUT2D eigenvalue weighted by Crippen LogP contribution is 2.28. The number of carbonyl (C=O) groups excluding carboxylic acids is 2. The maximum Gasteiger partial charge on any atom is 0.256 e. The first-order chi connectivity index (χ1) is 18.4. The van der Waals surface area contributed by atoms with E-state index in [-0.39, 0.29) is 49.7 Å². The molecule has 0 fully saturated rings. The molecule has 0 saturated heterocycles. The van der Waals surface area contributed by atoms with Crippen LogP contribution in [0.1, 0.15) is 36.4 Å². The molecule has 0 spiro atoms. The van der Waals surface area contributed by atoms with Gasteiger partial charge in [0.25, 0.3) is 5.91 Å². The van der Waals surface area contributed by atoms with E-state index >= 15 is 0 Å². The third-order valence-electron chi connectivity index (χ3n) is 6.74. The summed E-state index contributed by atoms with van der Waals surface area (Å²) < 4.78 is 5.17. The van der Waals surface area contributed by atoms with Crippen LogP contribution in [0, 0.1) is 6.92 Å². The zero-order valence-electron chi connectivity index (χ0n) is 23.5. The Kier molecular flexibility index (Phi) is 12.9. The molecule has 3 aromatic rings. The first-order valence-corrected chi connectivity index (χ1v) is 13.1. The summed E-state index contributed by atoms with van der Waals surface area (Å²) in [5.41, 5.74) is 5.04. The van der Waals surface area contributed by atoms with Crippen molar-refractivity contribution in [2.24, 2.45) is 0 Å². The zero-order valence-corrected chi connectivity index (χ0v) is 25.1. The molecule has 4 rings (SSSR count). The third-order valence-corrected chi connectivity index (χ3v) is 6.74. The van der Waals surface area contributed by atoms with E-state index in [1.807, 2.05) is 47.2 Å². The fourth-order valence-electron chi connectivity index (χ4n) is 4.59. The smallest absolute Gasteiger partial charge is 0.256 e. The first kappa shape index (κ1) is 33.0. The average Bonchev–Trinajstić information content (AvgIpc) is 3.56. The van der Waals surface area contributed by atoms with Gasteiger partial charge in [0, 0.05) is 51.4 Å². The maximum atomic E-state index is 13.6. The number of aromatic nitrogens is 2. The molecule has 1 aromatic heterocycles. The van der Waals surface area contributed by atoms with Crippen molar-refractivity contribution in [2.45, 2.75) is 40.3 Å². The van der Waals surface area contributed by atoms with E-state index in [1.165, 1.54) is 11.1 Å². The average molecular weight is 593 g/mol. The van der Waals surface area contributed by atoms with Gasteiger partial charge in [0.15, 0.2) is 0 Å². The quantitative estimate of drug-likeness (QED) is 0.309. The van der Waals surface area contributed by atoms with Gasteiger partial charge in [-0.25, -0.2) is 5.01 Å². The molecule has 2 N–H and O–H groups in total. The lowest BCUT2D eigenvalue weighted by Gasteiger charge is -2.32. The minimum Gasteiger partial charge on any atom is -0.353 e. The number of halogens is 2. The highest BCUT2D eigenvalue weighted by molar-refractivity contribution is 5.87. The number of nitrogens with one attached hydrogen (secondary N) is 2. The number of nitrogens with zero attached hydrogens (tertiary/aromatic N) is 5. The molecule has 1 aliphatic heterocycles. The van der Waals surface area contributed by atoms with Crippen molar-refractivity contribution in [2.75, 3.05) is 44.7 Å². The second-order valence-electron chi connectivity index (χ2n) is 9.40. The van der Waals surface area contributed by atoms with Gasteiger partial charge in [-0.05, 0) is 35.7 Å². The van der Waals surface area contributed by atoms with Gasteiger partial charge in [0.05, 0.1) is 13.1 Å². The number of aryl methyl sites for hydroxylation is 2. The number of amides is 2. The fourth-order valence-corrected chi connectivity index (χ4v) is 4.59. The molecule has 12 heteroatoms. The van der Waals surface area contributed by atoms with Gasteiger partial charge in [-0.15, -0.1) is 24.8 Å². The van der Waals surface area contributed by atoms with Gasteiger partial charge in [-0.2, -0.15) is 4.98 Å². The van der Waals surface area contributed by atoms with Gasteiger partial charge >= 0.3 is 0 Å². The van der Waals surface area contributed by atoms with Crippen LogP contribution >= 0.6 is 24.8 Å². The standard InChI is InChI=1S/C28H37N7O3.2ClH/c1-5-21-11-12-22(28-31-20(3)38-32-28)15-25(21)34(18-26(36)30-14-13-29-6-2)19-27(37)33(4)35-16-23-9-7-8-10-24(23)17-35;;/h7-12,15,29H,5-6,13-14,16-19H2,1-4H3,(H,30,36);2*1H. The summed E-state index contributed by atoms with van der Waals surface area (Å²) in [4.78, 5) is 32.7. The summed E-state index contributed by atoms with van der Waals surface area (Å²) in [5.74, 6) is 0.706. The Labute approximate surface area is 248 Å². The zero-order chi connectivity index (χ0) is 27.1. The van der Waals surface area contributed by atoms with Crippen LogP contribution in [0.25, 0.3) is 11.4 Å². The molecule has 0 radical (unpaired) electrons. The predicted octanol–water partition coefficient (Wildman–Crippen LogP) is 3.37. The Morgan fingerprint density at radius 2 is 1.73 bits per heavy atom. The van der Waals surface area contributed by atoms with Crippen molar-refractivity contribution in [1.29, 1.82) is 0 Å². The summed E-state index contributed by atoms with van der Waals surface area (Å²) in [6, 6.07) is 14.1. The Morgan fingerprint density at radius 3 is 2.33 bits per heavy atom. The third kappa shape index (κ3) is 8.17. The molecule has 1 aliphatic rings. The van der Waals surface area contributed by atoms with Gasteiger partial charge < -0.3 is 20.1 Å². The van der Waals surface area contributed by atoms with Crippen molar-refractivity contribution in [3.8, 4) is 11.4 Å². The van der Waals surface area contributed by atoms with E-state index in [0.29, 0.717) is 37.9 Å². The minimum absolute atomic E-state index is 0. The number of carbonyl (C=O) groups is 2. The van der Waals surface area contributed by atoms with Gasteiger partial charge in [-0.3, -0.25) is 14.6 Å². The summed E-state index contributed by atoms with van der Waals surface area (Å²) in [7, 11) is 1.79. The summed E-state index contributed by atoms with van der Waals surface area (Å²) in [5, 5.41) is 13.9. The van der Waals surface area contributed by atoms with Crippen LogP contribution in [-0.4, -0.2) is 71.7 Å².